The van der Waals surface area contributed by atoms with Gasteiger partial charge in [-0.25, -0.2) is 13.2 Å². The van der Waals surface area contributed by atoms with E-state index < -0.39 is 15.8 Å². The first kappa shape index (κ1) is 19.5. The van der Waals surface area contributed by atoms with Crippen LogP contribution >= 0.6 is 0 Å². The van der Waals surface area contributed by atoms with Crippen LogP contribution in [0.5, 0.6) is 5.75 Å². The summed E-state index contributed by atoms with van der Waals surface area (Å²) in [6, 6.07) is 14.1. The van der Waals surface area contributed by atoms with Gasteiger partial charge in [-0.2, -0.15) is 0 Å². The highest BCUT2D eigenvalue weighted by molar-refractivity contribution is 7.90. The molecule has 2 aromatic carbocycles. The Morgan fingerprint density at radius 3 is 2.00 bits per heavy atom. The van der Waals surface area contributed by atoms with Gasteiger partial charge < -0.3 is 9.47 Å². The predicted octanol–water partition coefficient (Wildman–Crippen LogP) is 3.37. The van der Waals surface area contributed by atoms with E-state index in [1.54, 1.807) is 24.3 Å². The molecule has 0 bridgehead atoms. The number of hydrogen-bond donors (Lipinski definition) is 0. The fourth-order valence-corrected chi connectivity index (χ4v) is 2.68. The minimum Gasteiger partial charge on any atom is -0.490 e. The van der Waals surface area contributed by atoms with Crippen molar-refractivity contribution in [3.05, 3.63) is 72.3 Å². The van der Waals surface area contributed by atoms with Gasteiger partial charge in [0, 0.05) is 12.3 Å². The zero-order valence-electron chi connectivity index (χ0n) is 14.4. The van der Waals surface area contributed by atoms with E-state index in [4.69, 9.17) is 9.47 Å². The number of rotatable bonds is 8. The minimum absolute atomic E-state index is 0.163. The number of hydrogen-bond acceptors (Lipinski definition) is 5. The lowest BCUT2D eigenvalue weighted by Crippen LogP contribution is -2.10. The van der Waals surface area contributed by atoms with E-state index in [1.165, 1.54) is 6.26 Å². The summed E-state index contributed by atoms with van der Waals surface area (Å²) in [7, 11) is -3.18. The second kappa shape index (κ2) is 9.01. The van der Waals surface area contributed by atoms with Crippen LogP contribution in [-0.4, -0.2) is 33.9 Å². The first-order chi connectivity index (χ1) is 12.4. The van der Waals surface area contributed by atoms with Crippen LogP contribution in [-0.2, 0) is 19.4 Å². The highest BCUT2D eigenvalue weighted by Gasteiger charge is 2.05. The Hall–Kier alpha value is -2.86. The van der Waals surface area contributed by atoms with Gasteiger partial charge in [-0.3, -0.25) is 0 Å². The number of ether oxygens (including phenoxy) is 2. The van der Waals surface area contributed by atoms with Gasteiger partial charge in [-0.05, 0) is 35.4 Å². The van der Waals surface area contributed by atoms with E-state index in [2.05, 4.69) is 6.58 Å². The van der Waals surface area contributed by atoms with Gasteiger partial charge in [0.05, 0.1) is 4.90 Å². The van der Waals surface area contributed by atoms with Crippen molar-refractivity contribution >= 4 is 28.0 Å². The van der Waals surface area contributed by atoms with Crippen molar-refractivity contribution < 1.29 is 22.7 Å². The molecule has 6 heteroatoms. The van der Waals surface area contributed by atoms with Gasteiger partial charge in [0.2, 0.25) is 0 Å². The first-order valence-corrected chi connectivity index (χ1v) is 9.78. The summed E-state index contributed by atoms with van der Waals surface area (Å²) in [4.78, 5) is 11.2. The standard InChI is InChI=1S/C20H20O5S/c1-3-20(21)25-15-14-24-18-10-6-16(7-11-18)4-5-17-8-12-19(13-9-17)26(2,22)23/h3-13H,1,14-15H2,2H3/b5-4+. The molecule has 0 spiro atoms. The molecule has 0 aliphatic rings. The summed E-state index contributed by atoms with van der Waals surface area (Å²) in [5, 5.41) is 0. The van der Waals surface area contributed by atoms with Crippen LogP contribution in [0.15, 0.2) is 66.1 Å². The molecule has 0 heterocycles. The van der Waals surface area contributed by atoms with Crippen LogP contribution in [0, 0.1) is 0 Å². The maximum absolute atomic E-state index is 11.4. The second-order valence-electron chi connectivity index (χ2n) is 5.46. The largest absolute Gasteiger partial charge is 0.490 e. The Morgan fingerprint density at radius 2 is 1.50 bits per heavy atom. The normalized spacial score (nSPS) is 11.3. The molecule has 0 fully saturated rings. The van der Waals surface area contributed by atoms with Gasteiger partial charge in [0.1, 0.15) is 19.0 Å². The summed E-state index contributed by atoms with van der Waals surface area (Å²) < 4.78 is 33.2. The summed E-state index contributed by atoms with van der Waals surface area (Å²) in [6.07, 6.45) is 6.11. The Labute approximate surface area is 153 Å². The molecule has 0 atom stereocenters. The van der Waals surface area contributed by atoms with Gasteiger partial charge >= 0.3 is 5.97 Å². The topological polar surface area (TPSA) is 69.7 Å². The molecule has 0 aliphatic heterocycles. The van der Waals surface area contributed by atoms with Crippen molar-refractivity contribution in [1.82, 2.24) is 0 Å². The maximum Gasteiger partial charge on any atom is 0.330 e. The van der Waals surface area contributed by atoms with E-state index in [1.807, 2.05) is 36.4 Å². The van der Waals surface area contributed by atoms with Crippen molar-refractivity contribution in [3.8, 4) is 5.75 Å². The third-order valence-corrected chi connectivity index (χ3v) is 4.55. The molecule has 0 saturated carbocycles. The molecule has 0 unspecified atom stereocenters. The number of carbonyl (C=O) groups is 1. The Kier molecular flexibility index (Phi) is 6.74. The molecule has 0 radical (unpaired) electrons. The van der Waals surface area contributed by atoms with Crippen LogP contribution < -0.4 is 4.74 Å². The van der Waals surface area contributed by atoms with Gasteiger partial charge in [-0.1, -0.05) is 43.0 Å². The van der Waals surface area contributed by atoms with Crippen molar-refractivity contribution in [2.45, 2.75) is 4.90 Å². The number of carbonyl (C=O) groups excluding carboxylic acids is 1. The van der Waals surface area contributed by atoms with Crippen LogP contribution in [0.3, 0.4) is 0 Å². The zero-order valence-corrected chi connectivity index (χ0v) is 15.2. The molecule has 26 heavy (non-hydrogen) atoms. The van der Waals surface area contributed by atoms with E-state index in [-0.39, 0.29) is 13.2 Å². The van der Waals surface area contributed by atoms with Crippen LogP contribution in [0.25, 0.3) is 12.2 Å². The smallest absolute Gasteiger partial charge is 0.330 e. The predicted molar refractivity (Wildman–Crippen MR) is 102 cm³/mol. The average Bonchev–Trinajstić information content (AvgIpc) is 2.64. The molecule has 0 amide bonds. The molecule has 136 valence electrons. The number of benzene rings is 2. The summed E-state index contributed by atoms with van der Waals surface area (Å²) in [5.74, 6) is 0.202. The molecule has 0 aromatic heterocycles. The van der Waals surface area contributed by atoms with Crippen molar-refractivity contribution in [2.24, 2.45) is 0 Å². The molecule has 2 rings (SSSR count). The molecule has 0 aliphatic carbocycles. The van der Waals surface area contributed by atoms with Crippen LogP contribution in [0.2, 0.25) is 0 Å². The van der Waals surface area contributed by atoms with Crippen LogP contribution in [0.4, 0.5) is 0 Å². The average molecular weight is 372 g/mol. The summed E-state index contributed by atoms with van der Waals surface area (Å²) >= 11 is 0. The highest BCUT2D eigenvalue weighted by atomic mass is 32.2. The molecular formula is C20H20O5S. The molecule has 2 aromatic rings. The lowest BCUT2D eigenvalue weighted by molar-refractivity contribution is -0.138. The van der Waals surface area contributed by atoms with Crippen LogP contribution in [0.1, 0.15) is 11.1 Å². The van der Waals surface area contributed by atoms with E-state index >= 15 is 0 Å². The van der Waals surface area contributed by atoms with Gasteiger partial charge in [0.15, 0.2) is 9.84 Å². The minimum atomic E-state index is -3.18. The highest BCUT2D eigenvalue weighted by Crippen LogP contribution is 2.16. The first-order valence-electron chi connectivity index (χ1n) is 7.89. The Morgan fingerprint density at radius 1 is 0.962 bits per heavy atom. The fraction of sp³-hybridized carbons (Fsp3) is 0.150. The zero-order chi connectivity index (χ0) is 19.0. The molecule has 5 nitrogen and oxygen atoms in total. The molecular weight excluding hydrogens is 352 g/mol. The second-order valence-corrected chi connectivity index (χ2v) is 7.48. The monoisotopic (exact) mass is 372 g/mol. The molecule has 0 saturated heterocycles. The quantitative estimate of drug-likeness (QED) is 0.308. The SMILES string of the molecule is C=CC(=O)OCCOc1ccc(/C=C/c2ccc(S(C)(=O)=O)cc2)cc1. The number of esters is 1. The third-order valence-electron chi connectivity index (χ3n) is 3.42. The van der Waals surface area contributed by atoms with Crippen molar-refractivity contribution in [3.63, 3.8) is 0 Å². The Balaban J connectivity index is 1.89. The van der Waals surface area contributed by atoms with Gasteiger partial charge in [-0.15, -0.1) is 0 Å². The van der Waals surface area contributed by atoms with E-state index in [0.717, 1.165) is 17.2 Å². The third kappa shape index (κ3) is 6.22. The Bertz CT molecular complexity index is 879. The lowest BCUT2D eigenvalue weighted by atomic mass is 10.1. The molecule has 0 N–H and O–H groups in total. The van der Waals surface area contributed by atoms with E-state index in [9.17, 15) is 13.2 Å². The van der Waals surface area contributed by atoms with Crippen molar-refractivity contribution in [1.29, 1.82) is 0 Å². The maximum atomic E-state index is 11.4. The summed E-state index contributed by atoms with van der Waals surface area (Å²) in [5.41, 5.74) is 1.88. The lowest BCUT2D eigenvalue weighted by Gasteiger charge is -2.06. The summed E-state index contributed by atoms with van der Waals surface area (Å²) in [6.45, 7) is 3.74. The fourth-order valence-electron chi connectivity index (χ4n) is 2.05. The van der Waals surface area contributed by atoms with E-state index in [0.29, 0.717) is 10.6 Å². The number of sulfone groups is 1. The van der Waals surface area contributed by atoms with Crippen molar-refractivity contribution in [2.75, 3.05) is 19.5 Å². The van der Waals surface area contributed by atoms with Gasteiger partial charge in [0.25, 0.3) is 0 Å².